The summed E-state index contributed by atoms with van der Waals surface area (Å²) in [6.45, 7) is 5.09. The third-order valence-corrected chi connectivity index (χ3v) is 3.27. The molecule has 90 valence electrons. The topological polar surface area (TPSA) is 40.5 Å². The number of hydrogen-bond acceptors (Lipinski definition) is 2. The Morgan fingerprint density at radius 2 is 1.75 bits per heavy atom. The molecule has 0 unspecified atom stereocenters. The first-order chi connectivity index (χ1) is 7.63. The lowest BCUT2D eigenvalue weighted by atomic mass is 10.2. The van der Waals surface area contributed by atoms with Crippen LogP contribution in [0.25, 0.3) is 0 Å². The highest BCUT2D eigenvalue weighted by Gasteiger charge is 2.29. The van der Waals surface area contributed by atoms with Gasteiger partial charge in [-0.15, -0.1) is 0 Å². The normalized spacial score (nSPS) is 21.5. The van der Waals surface area contributed by atoms with E-state index in [1.807, 2.05) is 6.92 Å². The number of aliphatic carboxylic acids is 1. The highest BCUT2D eigenvalue weighted by atomic mass is 16.4. The van der Waals surface area contributed by atoms with Crippen molar-refractivity contribution in [2.45, 2.75) is 32.6 Å². The summed E-state index contributed by atoms with van der Waals surface area (Å²) in [5.41, 5.74) is 0.966. The quantitative estimate of drug-likeness (QED) is 0.672. The summed E-state index contributed by atoms with van der Waals surface area (Å²) < 4.78 is 0. The molecule has 16 heavy (non-hydrogen) atoms. The van der Waals surface area contributed by atoms with Crippen molar-refractivity contribution < 1.29 is 9.90 Å². The Labute approximate surface area is 97.1 Å². The monoisotopic (exact) mass is 223 g/mol. The van der Waals surface area contributed by atoms with Gasteiger partial charge in [-0.1, -0.05) is 5.57 Å². The van der Waals surface area contributed by atoms with Crippen LogP contribution in [0.5, 0.6) is 0 Å². The van der Waals surface area contributed by atoms with E-state index < -0.39 is 5.97 Å². The summed E-state index contributed by atoms with van der Waals surface area (Å²) >= 11 is 0. The maximum absolute atomic E-state index is 10.6. The van der Waals surface area contributed by atoms with Crippen LogP contribution in [0, 0.1) is 11.8 Å². The Kier molecular flexibility index (Phi) is 3.64. The Morgan fingerprint density at radius 3 is 2.12 bits per heavy atom. The molecule has 0 radical (unpaired) electrons. The van der Waals surface area contributed by atoms with Crippen LogP contribution in [0.1, 0.15) is 32.6 Å². The molecule has 2 aliphatic carbocycles. The first-order valence-electron chi connectivity index (χ1n) is 6.26. The fourth-order valence-electron chi connectivity index (χ4n) is 2.14. The van der Waals surface area contributed by atoms with E-state index in [1.165, 1.54) is 44.8 Å². The fourth-order valence-corrected chi connectivity index (χ4v) is 2.14. The Balaban J connectivity index is 1.81. The lowest BCUT2D eigenvalue weighted by Gasteiger charge is -2.22. The molecular formula is C13H21NO2. The predicted molar refractivity (Wildman–Crippen MR) is 63.3 cm³/mol. The van der Waals surface area contributed by atoms with Gasteiger partial charge in [0.15, 0.2) is 0 Å². The van der Waals surface area contributed by atoms with Gasteiger partial charge in [0.1, 0.15) is 0 Å². The largest absolute Gasteiger partial charge is 0.478 e. The molecular weight excluding hydrogens is 202 g/mol. The molecule has 3 nitrogen and oxygen atoms in total. The third-order valence-electron chi connectivity index (χ3n) is 3.27. The first kappa shape index (κ1) is 11.6. The molecule has 0 saturated heterocycles. The van der Waals surface area contributed by atoms with Crippen molar-refractivity contribution in [1.29, 1.82) is 0 Å². The minimum atomic E-state index is -0.824. The average Bonchev–Trinajstić information content (AvgIpc) is 2.97. The van der Waals surface area contributed by atoms with Crippen LogP contribution in [0.15, 0.2) is 11.6 Å². The molecule has 2 rings (SSSR count). The second-order valence-electron chi connectivity index (χ2n) is 5.41. The van der Waals surface area contributed by atoms with E-state index in [0.717, 1.165) is 24.0 Å². The van der Waals surface area contributed by atoms with Crippen molar-refractivity contribution in [3.8, 4) is 0 Å². The van der Waals surface area contributed by atoms with Gasteiger partial charge in [0.2, 0.25) is 0 Å². The summed E-state index contributed by atoms with van der Waals surface area (Å²) in [4.78, 5) is 13.0. The summed E-state index contributed by atoms with van der Waals surface area (Å²) in [5, 5.41) is 8.69. The zero-order valence-corrected chi connectivity index (χ0v) is 9.98. The van der Waals surface area contributed by atoms with Crippen molar-refractivity contribution >= 4 is 5.97 Å². The molecule has 2 aliphatic rings. The molecule has 3 heteroatoms. The van der Waals surface area contributed by atoms with Gasteiger partial charge in [-0.25, -0.2) is 4.79 Å². The van der Waals surface area contributed by atoms with E-state index in [2.05, 4.69) is 4.90 Å². The lowest BCUT2D eigenvalue weighted by Crippen LogP contribution is -2.30. The number of nitrogens with zero attached hydrogens (tertiary/aromatic N) is 1. The van der Waals surface area contributed by atoms with Gasteiger partial charge in [-0.05, 0) is 44.4 Å². The van der Waals surface area contributed by atoms with E-state index >= 15 is 0 Å². The van der Waals surface area contributed by atoms with E-state index in [0.29, 0.717) is 0 Å². The number of carboxylic acids is 1. The van der Waals surface area contributed by atoms with Gasteiger partial charge >= 0.3 is 5.97 Å². The van der Waals surface area contributed by atoms with Gasteiger partial charge in [-0.3, -0.25) is 4.90 Å². The molecule has 0 atom stereocenters. The van der Waals surface area contributed by atoms with Crippen LogP contribution >= 0.6 is 0 Å². The highest BCUT2D eigenvalue weighted by molar-refractivity contribution is 5.80. The third kappa shape index (κ3) is 4.35. The van der Waals surface area contributed by atoms with Crippen LogP contribution in [0.2, 0.25) is 0 Å². The Hall–Kier alpha value is -0.830. The molecule has 0 heterocycles. The molecule has 0 spiro atoms. The van der Waals surface area contributed by atoms with Crippen molar-refractivity contribution in [2.24, 2.45) is 11.8 Å². The maximum atomic E-state index is 10.6. The van der Waals surface area contributed by atoms with Crippen LogP contribution in [-0.4, -0.2) is 35.6 Å². The van der Waals surface area contributed by atoms with E-state index in [-0.39, 0.29) is 0 Å². The minimum Gasteiger partial charge on any atom is -0.478 e. The SMILES string of the molecule is CC(=CC(=O)O)CN(CC1CC1)CC1CC1. The number of hydrogen-bond donors (Lipinski definition) is 1. The molecule has 0 amide bonds. The van der Waals surface area contributed by atoms with Crippen LogP contribution in [0.4, 0.5) is 0 Å². The molecule has 2 saturated carbocycles. The number of carboxylic acid groups (broad SMARTS) is 1. The van der Waals surface area contributed by atoms with Crippen LogP contribution in [-0.2, 0) is 4.79 Å². The first-order valence-corrected chi connectivity index (χ1v) is 6.26. The van der Waals surface area contributed by atoms with Gasteiger partial charge in [0, 0.05) is 25.7 Å². The molecule has 0 aromatic carbocycles. The number of carbonyl (C=O) groups is 1. The molecule has 2 fully saturated rings. The smallest absolute Gasteiger partial charge is 0.328 e. The van der Waals surface area contributed by atoms with Crippen molar-refractivity contribution in [2.75, 3.05) is 19.6 Å². The maximum Gasteiger partial charge on any atom is 0.328 e. The van der Waals surface area contributed by atoms with E-state index in [1.54, 1.807) is 0 Å². The van der Waals surface area contributed by atoms with Gasteiger partial charge in [0.05, 0.1) is 0 Å². The van der Waals surface area contributed by atoms with E-state index in [4.69, 9.17) is 5.11 Å². The van der Waals surface area contributed by atoms with Crippen LogP contribution in [0.3, 0.4) is 0 Å². The van der Waals surface area contributed by atoms with E-state index in [9.17, 15) is 4.79 Å². The Morgan fingerprint density at radius 1 is 1.25 bits per heavy atom. The fraction of sp³-hybridized carbons (Fsp3) is 0.769. The zero-order valence-electron chi connectivity index (χ0n) is 9.98. The minimum absolute atomic E-state index is 0.824. The van der Waals surface area contributed by atoms with Gasteiger partial charge < -0.3 is 5.11 Å². The average molecular weight is 223 g/mol. The predicted octanol–water partition coefficient (Wildman–Crippen LogP) is 2.14. The van der Waals surface area contributed by atoms with Crippen molar-refractivity contribution in [3.63, 3.8) is 0 Å². The lowest BCUT2D eigenvalue weighted by molar-refractivity contribution is -0.131. The standard InChI is InChI=1S/C13H21NO2/c1-10(6-13(15)16)7-14(8-11-2-3-11)9-12-4-5-12/h6,11-12H,2-5,7-9H2,1H3,(H,15,16). The highest BCUT2D eigenvalue weighted by Crippen LogP contribution is 2.33. The van der Waals surface area contributed by atoms with Gasteiger partial charge in [-0.2, -0.15) is 0 Å². The summed E-state index contributed by atoms with van der Waals surface area (Å²) in [6.07, 6.45) is 6.80. The summed E-state index contributed by atoms with van der Waals surface area (Å²) in [5.74, 6) is 0.947. The molecule has 0 aromatic rings. The Bertz CT molecular complexity index is 276. The molecule has 0 bridgehead atoms. The molecule has 0 aromatic heterocycles. The van der Waals surface area contributed by atoms with Crippen molar-refractivity contribution in [1.82, 2.24) is 4.90 Å². The second-order valence-corrected chi connectivity index (χ2v) is 5.41. The van der Waals surface area contributed by atoms with Crippen molar-refractivity contribution in [3.05, 3.63) is 11.6 Å². The zero-order chi connectivity index (χ0) is 11.5. The summed E-state index contributed by atoms with van der Waals surface area (Å²) in [7, 11) is 0. The summed E-state index contributed by atoms with van der Waals surface area (Å²) in [6, 6.07) is 0. The second kappa shape index (κ2) is 5.00. The van der Waals surface area contributed by atoms with Gasteiger partial charge in [0.25, 0.3) is 0 Å². The molecule has 0 aliphatic heterocycles. The van der Waals surface area contributed by atoms with Crippen LogP contribution < -0.4 is 0 Å². The molecule has 1 N–H and O–H groups in total. The number of rotatable bonds is 7.